The van der Waals surface area contributed by atoms with Crippen LogP contribution in [-0.4, -0.2) is 37.3 Å². The van der Waals surface area contributed by atoms with Gasteiger partial charge in [-0.15, -0.1) is 0 Å². The lowest BCUT2D eigenvalue weighted by atomic mass is 10.1. The van der Waals surface area contributed by atoms with E-state index in [-0.39, 0.29) is 4.90 Å². The molecule has 6 nitrogen and oxygen atoms in total. The van der Waals surface area contributed by atoms with Crippen LogP contribution in [0.4, 0.5) is 5.82 Å². The minimum Gasteiger partial charge on any atom is -0.383 e. The molecule has 0 aliphatic carbocycles. The van der Waals surface area contributed by atoms with E-state index in [0.29, 0.717) is 42.6 Å². The molecule has 0 saturated carbocycles. The molecule has 0 fully saturated rings. The second-order valence-corrected chi connectivity index (χ2v) is 9.05. The predicted octanol–water partition coefficient (Wildman–Crippen LogP) is 3.10. The molecule has 154 valence electrons. The molecule has 0 unspecified atom stereocenters. The lowest BCUT2D eigenvalue weighted by Gasteiger charge is -2.23. The van der Waals surface area contributed by atoms with E-state index in [0.717, 1.165) is 18.4 Å². The zero-order chi connectivity index (χ0) is 20.9. The number of rotatable bonds is 9. The molecule has 7 heteroatoms. The maximum absolute atomic E-state index is 13.6. The summed E-state index contributed by atoms with van der Waals surface area (Å²) in [7, 11) is -3.70. The topological polar surface area (TPSA) is 102 Å². The Hall–Kier alpha value is -2.48. The van der Waals surface area contributed by atoms with Gasteiger partial charge in [0.25, 0.3) is 0 Å². The molecule has 4 N–H and O–H groups in total. The van der Waals surface area contributed by atoms with Gasteiger partial charge in [0.05, 0.1) is 4.90 Å². The zero-order valence-electron chi connectivity index (χ0n) is 16.7. The molecule has 1 aromatic heterocycles. The van der Waals surface area contributed by atoms with Crippen LogP contribution in [0.15, 0.2) is 59.6 Å². The van der Waals surface area contributed by atoms with Gasteiger partial charge in [-0.1, -0.05) is 42.5 Å². The van der Waals surface area contributed by atoms with Crippen LogP contribution in [0.2, 0.25) is 0 Å². The molecule has 0 saturated heterocycles. The molecule has 0 bridgehead atoms. The summed E-state index contributed by atoms with van der Waals surface area (Å²) in [5.41, 5.74) is 13.7. The van der Waals surface area contributed by atoms with Gasteiger partial charge >= 0.3 is 0 Å². The number of fused-ring (bicyclic) bond motifs is 1. The summed E-state index contributed by atoms with van der Waals surface area (Å²) in [6, 6.07) is 15.3. The van der Waals surface area contributed by atoms with Crippen LogP contribution in [0.5, 0.6) is 0 Å². The van der Waals surface area contributed by atoms with E-state index in [9.17, 15) is 8.42 Å². The monoisotopic (exact) mass is 412 g/mol. The maximum atomic E-state index is 13.6. The molecule has 29 heavy (non-hydrogen) atoms. The molecule has 3 aromatic rings. The van der Waals surface area contributed by atoms with Gasteiger partial charge in [0.15, 0.2) is 0 Å². The highest BCUT2D eigenvalue weighted by Crippen LogP contribution is 2.31. The Bertz CT molecular complexity index is 1070. The Morgan fingerprint density at radius 1 is 1.00 bits per heavy atom. The Kier molecular flexibility index (Phi) is 6.84. The summed E-state index contributed by atoms with van der Waals surface area (Å²) >= 11 is 0. The molecule has 0 spiro atoms. The summed E-state index contributed by atoms with van der Waals surface area (Å²) in [6.07, 6.45) is 3.79. The molecule has 0 amide bonds. The summed E-state index contributed by atoms with van der Waals surface area (Å²) in [5, 5.41) is 1.30. The number of pyridine rings is 1. The van der Waals surface area contributed by atoms with Crippen molar-refractivity contribution in [3.63, 3.8) is 0 Å². The number of aryl methyl sites for hydroxylation is 2. The van der Waals surface area contributed by atoms with Crippen LogP contribution in [0.3, 0.4) is 0 Å². The third-order valence-electron chi connectivity index (χ3n) is 5.04. The molecule has 3 rings (SSSR count). The first-order chi connectivity index (χ1) is 13.9. The fourth-order valence-corrected chi connectivity index (χ4v) is 5.33. The highest BCUT2D eigenvalue weighted by atomic mass is 32.2. The van der Waals surface area contributed by atoms with Crippen LogP contribution in [-0.2, 0) is 16.4 Å². The standard InChI is InChI=1S/C22H28N4O2S/c1-17-16-25-22(24)19-11-5-12-20(21(17)19)29(27,28)26(15-7-13-23)14-6-10-18-8-3-2-4-9-18/h2-5,8-9,11-12,16H,6-7,10,13-15,23H2,1H3,(H2,24,25). The first kappa shape index (κ1) is 21.2. The number of aromatic nitrogens is 1. The van der Waals surface area contributed by atoms with Crippen molar-refractivity contribution in [1.82, 2.24) is 9.29 Å². The zero-order valence-corrected chi connectivity index (χ0v) is 17.5. The Labute approximate surface area is 172 Å². The quantitative estimate of drug-likeness (QED) is 0.562. The van der Waals surface area contributed by atoms with Gasteiger partial charge in [0, 0.05) is 30.1 Å². The SMILES string of the molecule is Cc1cnc(N)c2cccc(S(=O)(=O)N(CCCN)CCCc3ccccc3)c12. The average molecular weight is 413 g/mol. The van der Waals surface area contributed by atoms with Crippen molar-refractivity contribution in [2.45, 2.75) is 31.1 Å². The van der Waals surface area contributed by atoms with E-state index in [1.807, 2.05) is 31.2 Å². The first-order valence-electron chi connectivity index (χ1n) is 9.83. The highest BCUT2D eigenvalue weighted by Gasteiger charge is 2.26. The largest absolute Gasteiger partial charge is 0.383 e. The van der Waals surface area contributed by atoms with Gasteiger partial charge in [-0.3, -0.25) is 0 Å². The summed E-state index contributed by atoms with van der Waals surface area (Å²) in [6.45, 7) is 3.13. The van der Waals surface area contributed by atoms with Crippen LogP contribution < -0.4 is 11.5 Å². The lowest BCUT2D eigenvalue weighted by Crippen LogP contribution is -2.34. The molecule has 0 radical (unpaired) electrons. The number of hydrogen-bond donors (Lipinski definition) is 2. The van der Waals surface area contributed by atoms with E-state index in [1.165, 1.54) is 5.56 Å². The van der Waals surface area contributed by atoms with Crippen LogP contribution in [0, 0.1) is 6.92 Å². The van der Waals surface area contributed by atoms with E-state index in [1.54, 1.807) is 22.6 Å². The normalized spacial score (nSPS) is 12.0. The van der Waals surface area contributed by atoms with Crippen LogP contribution in [0.1, 0.15) is 24.0 Å². The minimum atomic E-state index is -3.70. The van der Waals surface area contributed by atoms with Gasteiger partial charge in [0.1, 0.15) is 5.82 Å². The van der Waals surface area contributed by atoms with Crippen molar-refractivity contribution < 1.29 is 8.42 Å². The van der Waals surface area contributed by atoms with Crippen molar-refractivity contribution in [3.8, 4) is 0 Å². The summed E-state index contributed by atoms with van der Waals surface area (Å²) in [4.78, 5) is 4.44. The number of anilines is 1. The molecule has 0 aliphatic heterocycles. The highest BCUT2D eigenvalue weighted by molar-refractivity contribution is 7.89. The van der Waals surface area contributed by atoms with Crippen molar-refractivity contribution in [1.29, 1.82) is 0 Å². The van der Waals surface area contributed by atoms with Crippen LogP contribution >= 0.6 is 0 Å². The van der Waals surface area contributed by atoms with Gasteiger partial charge in [0.2, 0.25) is 10.0 Å². The van der Waals surface area contributed by atoms with Crippen molar-refractivity contribution >= 4 is 26.6 Å². The summed E-state index contributed by atoms with van der Waals surface area (Å²) in [5.74, 6) is 0.334. The molecular weight excluding hydrogens is 384 g/mol. The smallest absolute Gasteiger partial charge is 0.243 e. The number of benzene rings is 2. The van der Waals surface area contributed by atoms with Gasteiger partial charge < -0.3 is 11.5 Å². The molecule has 0 atom stereocenters. The van der Waals surface area contributed by atoms with E-state index in [2.05, 4.69) is 17.1 Å². The maximum Gasteiger partial charge on any atom is 0.243 e. The number of sulfonamides is 1. The van der Waals surface area contributed by atoms with Gasteiger partial charge in [-0.25, -0.2) is 13.4 Å². The average Bonchev–Trinajstić information content (AvgIpc) is 2.73. The fourth-order valence-electron chi connectivity index (χ4n) is 3.53. The number of hydrogen-bond acceptors (Lipinski definition) is 5. The molecule has 1 heterocycles. The fraction of sp³-hybridized carbons (Fsp3) is 0.318. The van der Waals surface area contributed by atoms with E-state index < -0.39 is 10.0 Å². The minimum absolute atomic E-state index is 0.276. The number of nitrogens with zero attached hydrogens (tertiary/aromatic N) is 2. The third kappa shape index (κ3) is 4.75. The van der Waals surface area contributed by atoms with E-state index >= 15 is 0 Å². The second kappa shape index (κ2) is 9.35. The Morgan fingerprint density at radius 3 is 2.45 bits per heavy atom. The predicted molar refractivity (Wildman–Crippen MR) is 118 cm³/mol. The molecule has 0 aliphatic rings. The number of nitrogen functional groups attached to an aromatic ring is 1. The van der Waals surface area contributed by atoms with Gasteiger partial charge in [-0.05, 0) is 49.9 Å². The second-order valence-electron chi connectivity index (χ2n) is 7.14. The van der Waals surface area contributed by atoms with Crippen molar-refractivity contribution in [2.24, 2.45) is 5.73 Å². The van der Waals surface area contributed by atoms with Crippen molar-refractivity contribution in [3.05, 3.63) is 65.9 Å². The third-order valence-corrected chi connectivity index (χ3v) is 6.98. The number of nitrogens with two attached hydrogens (primary N) is 2. The lowest BCUT2D eigenvalue weighted by molar-refractivity contribution is 0.401. The Morgan fingerprint density at radius 2 is 1.72 bits per heavy atom. The Balaban J connectivity index is 1.92. The molecule has 2 aromatic carbocycles. The van der Waals surface area contributed by atoms with Crippen molar-refractivity contribution in [2.75, 3.05) is 25.4 Å². The summed E-state index contributed by atoms with van der Waals surface area (Å²) < 4.78 is 28.7. The first-order valence-corrected chi connectivity index (χ1v) is 11.3. The molecular formula is C22H28N4O2S. The van der Waals surface area contributed by atoms with E-state index in [4.69, 9.17) is 11.5 Å². The van der Waals surface area contributed by atoms with Crippen LogP contribution in [0.25, 0.3) is 10.8 Å². The van der Waals surface area contributed by atoms with Gasteiger partial charge in [-0.2, -0.15) is 4.31 Å².